The summed E-state index contributed by atoms with van der Waals surface area (Å²) in [6.07, 6.45) is 3.12. The molecule has 3 rings (SSSR count). The predicted molar refractivity (Wildman–Crippen MR) is 67.0 cm³/mol. The maximum absolute atomic E-state index is 11.4. The van der Waals surface area contributed by atoms with Crippen LogP contribution in [0.15, 0.2) is 36.7 Å². The molecule has 2 N–H and O–H groups in total. The molecule has 0 aliphatic heterocycles. The van der Waals surface area contributed by atoms with Crippen LogP contribution in [0.25, 0.3) is 21.8 Å². The van der Waals surface area contributed by atoms with Gasteiger partial charge in [-0.05, 0) is 6.07 Å². The largest absolute Gasteiger partial charge is 0.365 e. The Balaban J connectivity index is 2.61. The highest BCUT2D eigenvalue weighted by molar-refractivity contribution is 6.28. The van der Waals surface area contributed by atoms with Crippen molar-refractivity contribution in [3.63, 3.8) is 0 Å². The minimum absolute atomic E-state index is 0.328. The average molecular weight is 246 g/mol. The second-order valence-corrected chi connectivity index (χ2v) is 4.08. The third kappa shape index (κ3) is 1.31. The van der Waals surface area contributed by atoms with Gasteiger partial charge in [0.1, 0.15) is 0 Å². The zero-order valence-electron chi connectivity index (χ0n) is 8.72. The number of primary amides is 1. The Morgan fingerprint density at radius 2 is 2.00 bits per heavy atom. The summed E-state index contributed by atoms with van der Waals surface area (Å²) in [6.45, 7) is 0. The summed E-state index contributed by atoms with van der Waals surface area (Å²) in [5, 5.41) is 1.78. The third-order valence-electron chi connectivity index (χ3n) is 2.79. The van der Waals surface area contributed by atoms with Crippen LogP contribution < -0.4 is 5.73 Å². The van der Waals surface area contributed by atoms with E-state index in [2.05, 4.69) is 4.98 Å². The number of halogens is 1. The van der Waals surface area contributed by atoms with Gasteiger partial charge in [0, 0.05) is 34.9 Å². The van der Waals surface area contributed by atoms with Crippen LogP contribution in [0.4, 0.5) is 0 Å². The van der Waals surface area contributed by atoms with Crippen LogP contribution in [0, 0.1) is 0 Å². The lowest BCUT2D eigenvalue weighted by Gasteiger charge is -1.99. The van der Waals surface area contributed by atoms with E-state index in [0.717, 1.165) is 16.3 Å². The molecule has 2 heterocycles. The summed E-state index contributed by atoms with van der Waals surface area (Å²) in [5.41, 5.74) is 7.09. The Morgan fingerprint density at radius 1 is 1.24 bits per heavy atom. The van der Waals surface area contributed by atoms with Gasteiger partial charge in [-0.15, -0.1) is 0 Å². The van der Waals surface area contributed by atoms with Gasteiger partial charge in [0.2, 0.25) is 0 Å². The molecule has 0 fully saturated rings. The van der Waals surface area contributed by atoms with E-state index in [9.17, 15) is 4.79 Å². The fraction of sp³-hybridized carbons (Fsp3) is 0. The normalized spacial score (nSPS) is 11.1. The summed E-state index contributed by atoms with van der Waals surface area (Å²) >= 11 is 6.22. The topological polar surface area (TPSA) is 60.9 Å². The summed E-state index contributed by atoms with van der Waals surface area (Å²) in [7, 11) is 0. The minimum atomic E-state index is -0.534. The van der Waals surface area contributed by atoms with Crippen molar-refractivity contribution in [2.45, 2.75) is 0 Å². The van der Waals surface area contributed by atoms with Crippen LogP contribution in [-0.2, 0) is 0 Å². The second kappa shape index (κ2) is 3.46. The van der Waals surface area contributed by atoms with Gasteiger partial charge < -0.3 is 5.73 Å². The Labute approximate surface area is 102 Å². The minimum Gasteiger partial charge on any atom is -0.365 e. The second-order valence-electron chi connectivity index (χ2n) is 3.75. The first-order valence-electron chi connectivity index (χ1n) is 5.03. The molecule has 5 heteroatoms. The van der Waals surface area contributed by atoms with Crippen molar-refractivity contribution in [3.05, 3.63) is 42.2 Å². The number of amides is 1. The van der Waals surface area contributed by atoms with Gasteiger partial charge in [-0.2, -0.15) is 0 Å². The van der Waals surface area contributed by atoms with Crippen molar-refractivity contribution in [1.29, 1.82) is 0 Å². The fourth-order valence-electron chi connectivity index (χ4n) is 2.04. The maximum atomic E-state index is 11.4. The monoisotopic (exact) mass is 245 g/mol. The number of benzene rings is 1. The van der Waals surface area contributed by atoms with Gasteiger partial charge in [0.05, 0.1) is 16.6 Å². The van der Waals surface area contributed by atoms with E-state index < -0.39 is 5.91 Å². The van der Waals surface area contributed by atoms with E-state index in [0.29, 0.717) is 11.1 Å². The van der Waals surface area contributed by atoms with Crippen molar-refractivity contribution < 1.29 is 4.79 Å². The molecule has 0 aliphatic carbocycles. The molecule has 0 atom stereocenters. The third-order valence-corrected chi connectivity index (χ3v) is 3.14. The molecule has 3 aromatic rings. The lowest BCUT2D eigenvalue weighted by molar-refractivity contribution is 0.100. The molecule has 17 heavy (non-hydrogen) atoms. The molecule has 0 saturated carbocycles. The number of carbonyl (C=O) groups is 1. The quantitative estimate of drug-likeness (QED) is 0.715. The van der Waals surface area contributed by atoms with Crippen molar-refractivity contribution in [2.24, 2.45) is 5.73 Å². The highest BCUT2D eigenvalue weighted by atomic mass is 35.5. The first-order valence-corrected chi connectivity index (χ1v) is 5.37. The number of aromatic nitrogens is 2. The van der Waals surface area contributed by atoms with Gasteiger partial charge in [0.25, 0.3) is 5.91 Å². The first-order chi connectivity index (χ1) is 8.20. The number of carbonyl (C=O) groups excluding carboxylic acids is 1. The molecule has 0 bridgehead atoms. The number of fused-ring (bicyclic) bond motifs is 3. The van der Waals surface area contributed by atoms with Crippen LogP contribution in [-0.4, -0.2) is 15.0 Å². The molecule has 4 nitrogen and oxygen atoms in total. The molecule has 84 valence electrons. The first kappa shape index (κ1) is 10.1. The molecular weight excluding hydrogens is 238 g/mol. The summed E-state index contributed by atoms with van der Waals surface area (Å²) < 4.78 is 1.45. The van der Waals surface area contributed by atoms with Crippen molar-refractivity contribution in [3.8, 4) is 0 Å². The van der Waals surface area contributed by atoms with E-state index in [1.165, 1.54) is 10.3 Å². The Bertz CT molecular complexity index is 748. The number of hydrogen-bond donors (Lipinski definition) is 1. The number of nitrogens with zero attached hydrogens (tertiary/aromatic N) is 2. The zero-order chi connectivity index (χ0) is 12.0. The molecule has 2 aromatic heterocycles. The van der Waals surface area contributed by atoms with E-state index in [4.69, 9.17) is 17.5 Å². The SMILES string of the molecule is NC(=O)c1cncc2c3ccccc3n(Cl)c12. The molecular formula is C12H8ClN3O. The highest BCUT2D eigenvalue weighted by Gasteiger charge is 2.15. The van der Waals surface area contributed by atoms with Gasteiger partial charge in [-0.1, -0.05) is 18.2 Å². The van der Waals surface area contributed by atoms with Crippen LogP contribution in [0.5, 0.6) is 0 Å². The molecule has 0 saturated heterocycles. The fourth-order valence-corrected chi connectivity index (χ4v) is 2.37. The average Bonchev–Trinajstić information content (AvgIpc) is 2.64. The number of para-hydroxylation sites is 1. The van der Waals surface area contributed by atoms with Gasteiger partial charge in [-0.25, -0.2) is 0 Å². The molecule has 0 unspecified atom stereocenters. The van der Waals surface area contributed by atoms with Crippen molar-refractivity contribution in [2.75, 3.05) is 0 Å². The van der Waals surface area contributed by atoms with Crippen molar-refractivity contribution >= 4 is 39.5 Å². The summed E-state index contributed by atoms with van der Waals surface area (Å²) in [5.74, 6) is -0.534. The lowest BCUT2D eigenvalue weighted by Crippen LogP contribution is -2.12. The smallest absolute Gasteiger partial charge is 0.252 e. The summed E-state index contributed by atoms with van der Waals surface area (Å²) in [6, 6.07) is 7.61. The van der Waals surface area contributed by atoms with Gasteiger partial charge in [0.15, 0.2) is 0 Å². The van der Waals surface area contributed by atoms with Crippen LogP contribution >= 0.6 is 11.8 Å². The number of hydrogen-bond acceptors (Lipinski definition) is 2. The zero-order valence-corrected chi connectivity index (χ0v) is 9.48. The Morgan fingerprint density at radius 3 is 2.76 bits per heavy atom. The summed E-state index contributed by atoms with van der Waals surface area (Å²) in [4.78, 5) is 15.4. The van der Waals surface area contributed by atoms with Gasteiger partial charge in [-0.3, -0.25) is 13.9 Å². The van der Waals surface area contributed by atoms with E-state index in [-0.39, 0.29) is 0 Å². The number of rotatable bonds is 1. The predicted octanol–water partition coefficient (Wildman–Crippen LogP) is 2.29. The Hall–Kier alpha value is -2.07. The Kier molecular flexibility index (Phi) is 2.06. The lowest BCUT2D eigenvalue weighted by atomic mass is 10.1. The van der Waals surface area contributed by atoms with Crippen LogP contribution in [0.1, 0.15) is 10.4 Å². The number of nitrogens with two attached hydrogens (primary N) is 1. The highest BCUT2D eigenvalue weighted by Crippen LogP contribution is 2.30. The molecule has 0 aliphatic rings. The van der Waals surface area contributed by atoms with E-state index in [1.807, 2.05) is 24.3 Å². The maximum Gasteiger partial charge on any atom is 0.252 e. The number of pyridine rings is 1. The molecule has 0 radical (unpaired) electrons. The van der Waals surface area contributed by atoms with Crippen molar-refractivity contribution in [1.82, 2.24) is 9.07 Å². The van der Waals surface area contributed by atoms with Gasteiger partial charge >= 0.3 is 0 Å². The molecule has 0 spiro atoms. The molecule has 1 amide bonds. The van der Waals surface area contributed by atoms with E-state index >= 15 is 0 Å². The van der Waals surface area contributed by atoms with Crippen LogP contribution in [0.3, 0.4) is 0 Å². The van der Waals surface area contributed by atoms with E-state index in [1.54, 1.807) is 6.20 Å². The van der Waals surface area contributed by atoms with Crippen LogP contribution in [0.2, 0.25) is 0 Å². The standard InChI is InChI=1S/C12H8ClN3O/c13-16-10-4-2-1-3-7(10)8-5-15-6-9(11(8)16)12(14)17/h1-6H,(H2,14,17). The molecule has 1 aromatic carbocycles.